The molecule has 0 unspecified atom stereocenters. The van der Waals surface area contributed by atoms with Crippen molar-refractivity contribution in [3.05, 3.63) is 35.9 Å². The van der Waals surface area contributed by atoms with Gasteiger partial charge in [-0.3, -0.25) is 0 Å². The van der Waals surface area contributed by atoms with Crippen molar-refractivity contribution < 1.29 is 9.90 Å². The minimum atomic E-state index is -1.05. The maximum Gasteiger partial charge on any atom is 0.354 e. The Morgan fingerprint density at radius 1 is 1.44 bits per heavy atom. The van der Waals surface area contributed by atoms with Crippen LogP contribution in [0.15, 0.2) is 24.7 Å². The van der Waals surface area contributed by atoms with Gasteiger partial charge in [0.15, 0.2) is 5.69 Å². The summed E-state index contributed by atoms with van der Waals surface area (Å²) in [7, 11) is 0. The van der Waals surface area contributed by atoms with Gasteiger partial charge in [0.1, 0.15) is 0 Å². The van der Waals surface area contributed by atoms with Gasteiger partial charge in [-0.1, -0.05) is 6.92 Å². The molecule has 6 heteroatoms. The van der Waals surface area contributed by atoms with E-state index >= 15 is 0 Å². The molecule has 2 aromatic rings. The fourth-order valence-corrected chi connectivity index (χ4v) is 1.26. The first kappa shape index (κ1) is 10.3. The van der Waals surface area contributed by atoms with Gasteiger partial charge in [0.05, 0.1) is 6.20 Å². The first-order valence-corrected chi connectivity index (χ1v) is 4.81. The number of aromatic nitrogens is 4. The number of aromatic carboxylic acids is 1. The van der Waals surface area contributed by atoms with Gasteiger partial charge in [-0.05, 0) is 18.1 Å². The topological polar surface area (TPSA) is 80.9 Å². The van der Waals surface area contributed by atoms with Crippen LogP contribution in [-0.4, -0.2) is 30.8 Å². The van der Waals surface area contributed by atoms with Crippen molar-refractivity contribution >= 4 is 5.97 Å². The van der Waals surface area contributed by atoms with Crippen molar-refractivity contribution in [1.82, 2.24) is 19.7 Å². The third-order valence-corrected chi connectivity index (χ3v) is 2.15. The molecule has 0 atom stereocenters. The number of hydrogen-bond donors (Lipinski definition) is 1. The van der Waals surface area contributed by atoms with Gasteiger partial charge in [0.25, 0.3) is 5.95 Å². The molecule has 0 aromatic carbocycles. The lowest BCUT2D eigenvalue weighted by Crippen LogP contribution is -2.11. The van der Waals surface area contributed by atoms with Gasteiger partial charge in [-0.2, -0.15) is 9.78 Å². The van der Waals surface area contributed by atoms with E-state index in [1.165, 1.54) is 16.9 Å². The van der Waals surface area contributed by atoms with Crippen LogP contribution in [0.4, 0.5) is 0 Å². The molecule has 0 amide bonds. The summed E-state index contributed by atoms with van der Waals surface area (Å²) in [6, 6.07) is 1.40. The van der Waals surface area contributed by atoms with Gasteiger partial charge in [-0.15, -0.1) is 0 Å². The highest BCUT2D eigenvalue weighted by Gasteiger charge is 2.13. The molecule has 0 aliphatic rings. The lowest BCUT2D eigenvalue weighted by molar-refractivity contribution is 0.0686. The number of hydrogen-bond acceptors (Lipinski definition) is 4. The average molecular weight is 218 g/mol. The second-order valence-electron chi connectivity index (χ2n) is 3.18. The molecular formula is C10H10N4O2. The summed E-state index contributed by atoms with van der Waals surface area (Å²) >= 11 is 0. The van der Waals surface area contributed by atoms with Crippen LogP contribution in [0.2, 0.25) is 0 Å². The Kier molecular flexibility index (Phi) is 2.63. The third kappa shape index (κ3) is 1.77. The SMILES string of the molecule is CCc1cnc(-n2nccc2C(=O)O)nc1. The standard InChI is InChI=1S/C10H10N4O2/c1-2-7-5-11-10(12-6-7)14-8(9(15)16)3-4-13-14/h3-6H,2H2,1H3,(H,15,16). The Morgan fingerprint density at radius 2 is 2.12 bits per heavy atom. The fraction of sp³-hybridized carbons (Fsp3) is 0.200. The predicted octanol–water partition coefficient (Wildman–Crippen LogP) is 0.923. The molecule has 2 heterocycles. The number of aryl methyl sites for hydroxylation is 1. The van der Waals surface area contributed by atoms with Crippen LogP contribution in [0, 0.1) is 0 Å². The lowest BCUT2D eigenvalue weighted by Gasteiger charge is -2.02. The second kappa shape index (κ2) is 4.09. The Morgan fingerprint density at radius 3 is 2.69 bits per heavy atom. The largest absolute Gasteiger partial charge is 0.477 e. The Labute approximate surface area is 91.6 Å². The molecule has 0 radical (unpaired) electrons. The van der Waals surface area contributed by atoms with Crippen LogP contribution in [0.25, 0.3) is 5.95 Å². The maximum absolute atomic E-state index is 10.9. The van der Waals surface area contributed by atoms with Gasteiger partial charge in [0, 0.05) is 12.4 Å². The summed E-state index contributed by atoms with van der Waals surface area (Å²) in [4.78, 5) is 19.0. The zero-order valence-electron chi connectivity index (χ0n) is 8.66. The summed E-state index contributed by atoms with van der Waals surface area (Å²) in [5, 5.41) is 12.8. The summed E-state index contributed by atoms with van der Waals surface area (Å²) in [6.07, 6.45) is 5.57. The van der Waals surface area contributed by atoms with Crippen LogP contribution in [-0.2, 0) is 6.42 Å². The predicted molar refractivity (Wildman–Crippen MR) is 55.5 cm³/mol. The molecule has 16 heavy (non-hydrogen) atoms. The van der Waals surface area contributed by atoms with E-state index in [0.717, 1.165) is 12.0 Å². The van der Waals surface area contributed by atoms with Crippen LogP contribution in [0.1, 0.15) is 23.0 Å². The highest BCUT2D eigenvalue weighted by molar-refractivity contribution is 5.86. The van der Waals surface area contributed by atoms with Crippen molar-refractivity contribution in [2.75, 3.05) is 0 Å². The zero-order chi connectivity index (χ0) is 11.5. The van der Waals surface area contributed by atoms with Crippen molar-refractivity contribution in [2.45, 2.75) is 13.3 Å². The van der Waals surface area contributed by atoms with E-state index in [0.29, 0.717) is 0 Å². The maximum atomic E-state index is 10.9. The summed E-state index contributed by atoms with van der Waals surface area (Å²) < 4.78 is 1.20. The van der Waals surface area contributed by atoms with E-state index in [1.807, 2.05) is 6.92 Å². The third-order valence-electron chi connectivity index (χ3n) is 2.15. The van der Waals surface area contributed by atoms with E-state index in [4.69, 9.17) is 5.11 Å². The average Bonchev–Trinajstić information content (AvgIpc) is 2.78. The molecule has 6 nitrogen and oxygen atoms in total. The number of nitrogens with zero attached hydrogens (tertiary/aromatic N) is 4. The van der Waals surface area contributed by atoms with Gasteiger partial charge in [0.2, 0.25) is 0 Å². The number of carboxylic acids is 1. The van der Waals surface area contributed by atoms with E-state index in [9.17, 15) is 4.79 Å². The highest BCUT2D eigenvalue weighted by atomic mass is 16.4. The summed E-state index contributed by atoms with van der Waals surface area (Å²) in [6.45, 7) is 1.99. The minimum Gasteiger partial charge on any atom is -0.477 e. The highest BCUT2D eigenvalue weighted by Crippen LogP contribution is 2.06. The fourth-order valence-electron chi connectivity index (χ4n) is 1.26. The summed E-state index contributed by atoms with van der Waals surface area (Å²) in [5.74, 6) is -0.791. The molecule has 2 rings (SSSR count). The Balaban J connectivity index is 2.42. The first-order chi connectivity index (χ1) is 7.72. The number of carbonyl (C=O) groups is 1. The molecule has 0 saturated heterocycles. The van der Waals surface area contributed by atoms with Crippen LogP contribution < -0.4 is 0 Å². The van der Waals surface area contributed by atoms with Crippen LogP contribution in [0.5, 0.6) is 0 Å². The van der Waals surface area contributed by atoms with E-state index in [-0.39, 0.29) is 11.6 Å². The molecule has 0 aliphatic heterocycles. The van der Waals surface area contributed by atoms with E-state index < -0.39 is 5.97 Å². The monoisotopic (exact) mass is 218 g/mol. The van der Waals surface area contributed by atoms with Gasteiger partial charge in [-0.25, -0.2) is 14.8 Å². The smallest absolute Gasteiger partial charge is 0.354 e. The summed E-state index contributed by atoms with van der Waals surface area (Å²) in [5.41, 5.74) is 1.04. The van der Waals surface area contributed by atoms with Gasteiger partial charge >= 0.3 is 5.97 Å². The van der Waals surface area contributed by atoms with Gasteiger partial charge < -0.3 is 5.11 Å². The number of carboxylic acid groups (broad SMARTS) is 1. The lowest BCUT2D eigenvalue weighted by atomic mass is 10.3. The van der Waals surface area contributed by atoms with E-state index in [1.54, 1.807) is 12.4 Å². The number of rotatable bonds is 3. The normalized spacial score (nSPS) is 10.3. The zero-order valence-corrected chi connectivity index (χ0v) is 8.66. The molecule has 0 aliphatic carbocycles. The molecule has 0 bridgehead atoms. The second-order valence-corrected chi connectivity index (χ2v) is 3.18. The Hall–Kier alpha value is -2.24. The molecule has 1 N–H and O–H groups in total. The van der Waals surface area contributed by atoms with Crippen molar-refractivity contribution in [2.24, 2.45) is 0 Å². The Bertz CT molecular complexity index is 504. The molecule has 0 fully saturated rings. The van der Waals surface area contributed by atoms with Crippen molar-refractivity contribution in [3.8, 4) is 5.95 Å². The molecule has 0 saturated carbocycles. The molecular weight excluding hydrogens is 208 g/mol. The van der Waals surface area contributed by atoms with Crippen LogP contribution in [0.3, 0.4) is 0 Å². The minimum absolute atomic E-state index is 0.0456. The quantitative estimate of drug-likeness (QED) is 0.828. The van der Waals surface area contributed by atoms with E-state index in [2.05, 4.69) is 15.1 Å². The van der Waals surface area contributed by atoms with Crippen molar-refractivity contribution in [3.63, 3.8) is 0 Å². The molecule has 0 spiro atoms. The van der Waals surface area contributed by atoms with Crippen molar-refractivity contribution in [1.29, 1.82) is 0 Å². The first-order valence-electron chi connectivity index (χ1n) is 4.81. The molecule has 82 valence electrons. The van der Waals surface area contributed by atoms with Crippen LogP contribution >= 0.6 is 0 Å². The molecule has 2 aromatic heterocycles.